The van der Waals surface area contributed by atoms with Crippen molar-refractivity contribution >= 4 is 34.1 Å². The molecule has 0 radical (unpaired) electrons. The molecule has 40 heavy (non-hydrogen) atoms. The molecule has 0 atom stereocenters. The van der Waals surface area contributed by atoms with E-state index in [2.05, 4.69) is 32.1 Å². The van der Waals surface area contributed by atoms with Crippen LogP contribution in [0.3, 0.4) is 0 Å². The second-order valence-electron chi connectivity index (χ2n) is 8.65. The summed E-state index contributed by atoms with van der Waals surface area (Å²) in [5.41, 5.74) is 7.93. The van der Waals surface area contributed by atoms with Crippen LogP contribution in [0.15, 0.2) is 65.8 Å². The second kappa shape index (κ2) is 11.4. The molecule has 0 saturated carbocycles. The number of nitrogens with zero attached hydrogens (tertiary/aromatic N) is 5. The Bertz CT molecular complexity index is 1860. The third kappa shape index (κ3) is 5.15. The molecule has 0 unspecified atom stereocenters. The number of ether oxygens (including phenoxy) is 1. The Hall–Kier alpha value is -5.01. The van der Waals surface area contributed by atoms with Crippen LogP contribution >= 0.6 is 11.6 Å². The lowest BCUT2D eigenvalue weighted by molar-refractivity contribution is 0.411. The van der Waals surface area contributed by atoms with Crippen LogP contribution in [-0.2, 0) is 6.42 Å². The molecule has 5 rings (SSSR count). The van der Waals surface area contributed by atoms with E-state index in [9.17, 15) is 9.18 Å². The van der Waals surface area contributed by atoms with Crippen molar-refractivity contribution in [2.45, 2.75) is 13.3 Å². The van der Waals surface area contributed by atoms with Gasteiger partial charge in [-0.05, 0) is 49.2 Å². The number of methoxy groups -OCH3 is 1. The van der Waals surface area contributed by atoms with Crippen LogP contribution in [0.4, 0.5) is 16.0 Å². The summed E-state index contributed by atoms with van der Waals surface area (Å²) in [6, 6.07) is 13.4. The first-order valence-electron chi connectivity index (χ1n) is 12.2. The molecule has 0 aliphatic carbocycles. The summed E-state index contributed by atoms with van der Waals surface area (Å²) in [4.78, 5) is 30.8. The lowest BCUT2D eigenvalue weighted by atomic mass is 10.1. The van der Waals surface area contributed by atoms with Gasteiger partial charge >= 0.3 is 0 Å². The molecular formula is C29H23ClFN7O2. The van der Waals surface area contributed by atoms with Gasteiger partial charge in [-0.15, -0.1) is 0 Å². The molecule has 3 heterocycles. The number of fused-ring (bicyclic) bond motifs is 1. The van der Waals surface area contributed by atoms with Crippen LogP contribution < -0.4 is 21.3 Å². The zero-order chi connectivity index (χ0) is 28.2. The van der Waals surface area contributed by atoms with Crippen LogP contribution in [0.2, 0.25) is 5.02 Å². The van der Waals surface area contributed by atoms with E-state index in [4.69, 9.17) is 27.1 Å². The zero-order valence-electron chi connectivity index (χ0n) is 21.6. The minimum atomic E-state index is -0.548. The minimum Gasteiger partial charge on any atom is -0.496 e. The number of benzene rings is 2. The fraction of sp³-hybridized carbons (Fsp3) is 0.138. The van der Waals surface area contributed by atoms with Crippen LogP contribution in [-0.4, -0.2) is 38.2 Å². The standard InChI is InChI=1S/C29H23ClFN7O2/c1-17-23(9-4-10-24(17)40-2)38-25(37-22-8-3-6-19(30)26(22)29(38)39)13-15-34-28-18(27(32)35-16-36-28)11-12-21-20(31)7-5-14-33-21/h3-10,14,16H,13,15H2,1-2H3,(H3,32,34,35,36). The molecule has 9 nitrogen and oxygen atoms in total. The van der Waals surface area contributed by atoms with Gasteiger partial charge in [-0.1, -0.05) is 29.7 Å². The molecule has 2 aromatic carbocycles. The van der Waals surface area contributed by atoms with Crippen molar-refractivity contribution < 1.29 is 9.13 Å². The van der Waals surface area contributed by atoms with Crippen molar-refractivity contribution in [3.63, 3.8) is 0 Å². The number of nitrogens with one attached hydrogen (secondary N) is 1. The van der Waals surface area contributed by atoms with E-state index in [0.717, 1.165) is 5.56 Å². The van der Waals surface area contributed by atoms with Gasteiger partial charge in [0.15, 0.2) is 5.82 Å². The summed E-state index contributed by atoms with van der Waals surface area (Å²) >= 11 is 6.42. The third-order valence-corrected chi connectivity index (χ3v) is 6.53. The molecule has 3 N–H and O–H groups in total. The van der Waals surface area contributed by atoms with Crippen LogP contribution in [0.1, 0.15) is 22.6 Å². The first-order valence-corrected chi connectivity index (χ1v) is 12.6. The highest BCUT2D eigenvalue weighted by Gasteiger charge is 2.18. The highest BCUT2D eigenvalue weighted by atomic mass is 35.5. The van der Waals surface area contributed by atoms with Crippen LogP contribution in [0, 0.1) is 24.6 Å². The zero-order valence-corrected chi connectivity index (χ0v) is 22.3. The number of hydrogen-bond acceptors (Lipinski definition) is 8. The number of halogens is 2. The first-order chi connectivity index (χ1) is 19.4. The molecule has 0 amide bonds. The quantitative estimate of drug-likeness (QED) is 0.297. The van der Waals surface area contributed by atoms with E-state index >= 15 is 0 Å². The maximum Gasteiger partial charge on any atom is 0.267 e. The van der Waals surface area contributed by atoms with E-state index in [1.807, 2.05) is 25.1 Å². The van der Waals surface area contributed by atoms with Crippen molar-refractivity contribution in [2.24, 2.45) is 0 Å². The monoisotopic (exact) mass is 555 g/mol. The number of aromatic nitrogens is 5. The average Bonchev–Trinajstić information content (AvgIpc) is 2.94. The molecule has 0 spiro atoms. The van der Waals surface area contributed by atoms with E-state index < -0.39 is 5.82 Å². The lowest BCUT2D eigenvalue weighted by Gasteiger charge is -2.18. The number of nitrogens with two attached hydrogens (primary N) is 1. The van der Waals surface area contributed by atoms with Crippen molar-refractivity contribution in [3.8, 4) is 23.3 Å². The largest absolute Gasteiger partial charge is 0.496 e. The fourth-order valence-corrected chi connectivity index (χ4v) is 4.52. The van der Waals surface area contributed by atoms with E-state index in [-0.39, 0.29) is 17.1 Å². The minimum absolute atomic E-state index is 0.0200. The Kier molecular flexibility index (Phi) is 7.57. The maximum atomic E-state index is 14.0. The summed E-state index contributed by atoms with van der Waals surface area (Å²) in [6.45, 7) is 2.18. The number of nitrogen functional groups attached to an aromatic ring is 1. The molecular weight excluding hydrogens is 533 g/mol. The van der Waals surface area contributed by atoms with Gasteiger partial charge in [-0.3, -0.25) is 9.36 Å². The Morgan fingerprint density at radius 1 is 1.10 bits per heavy atom. The van der Waals surface area contributed by atoms with Crippen molar-refractivity contribution in [1.29, 1.82) is 0 Å². The first kappa shape index (κ1) is 26.6. The molecule has 0 aliphatic rings. The van der Waals surface area contributed by atoms with Crippen LogP contribution in [0.5, 0.6) is 5.75 Å². The van der Waals surface area contributed by atoms with Gasteiger partial charge in [0.2, 0.25) is 0 Å². The average molecular weight is 556 g/mol. The van der Waals surface area contributed by atoms with Crippen LogP contribution in [0.25, 0.3) is 16.6 Å². The van der Waals surface area contributed by atoms with Gasteiger partial charge in [0.25, 0.3) is 5.56 Å². The molecule has 11 heteroatoms. The number of hydrogen-bond donors (Lipinski definition) is 2. The fourth-order valence-electron chi connectivity index (χ4n) is 4.27. The molecule has 0 aliphatic heterocycles. The van der Waals surface area contributed by atoms with Gasteiger partial charge in [0.1, 0.15) is 40.8 Å². The Morgan fingerprint density at radius 3 is 2.73 bits per heavy atom. The highest BCUT2D eigenvalue weighted by Crippen LogP contribution is 2.26. The maximum absolute atomic E-state index is 14.0. The number of rotatable bonds is 6. The van der Waals surface area contributed by atoms with Gasteiger partial charge < -0.3 is 15.8 Å². The smallest absolute Gasteiger partial charge is 0.267 e. The number of anilines is 2. The second-order valence-corrected chi connectivity index (χ2v) is 9.06. The topological polar surface area (TPSA) is 121 Å². The lowest BCUT2D eigenvalue weighted by Crippen LogP contribution is -2.26. The van der Waals surface area contributed by atoms with Gasteiger partial charge in [-0.25, -0.2) is 24.3 Å². The highest BCUT2D eigenvalue weighted by molar-refractivity contribution is 6.35. The van der Waals surface area contributed by atoms with Gasteiger partial charge in [-0.2, -0.15) is 0 Å². The summed E-state index contributed by atoms with van der Waals surface area (Å²) in [7, 11) is 1.57. The van der Waals surface area contributed by atoms with Crippen molar-refractivity contribution in [3.05, 3.63) is 105 Å². The van der Waals surface area contributed by atoms with E-state index in [1.165, 1.54) is 24.7 Å². The Balaban J connectivity index is 1.52. The normalized spacial score (nSPS) is 10.7. The molecule has 3 aromatic heterocycles. The Labute approximate surface area is 233 Å². The molecule has 5 aromatic rings. The van der Waals surface area contributed by atoms with Gasteiger partial charge in [0.05, 0.1) is 28.7 Å². The number of pyridine rings is 1. The van der Waals surface area contributed by atoms with Crippen molar-refractivity contribution in [1.82, 2.24) is 24.5 Å². The van der Waals surface area contributed by atoms with E-state index in [0.29, 0.717) is 57.5 Å². The molecule has 0 bridgehead atoms. The molecule has 0 saturated heterocycles. The predicted octanol–water partition coefficient (Wildman–Crippen LogP) is 4.32. The third-order valence-electron chi connectivity index (χ3n) is 6.21. The van der Waals surface area contributed by atoms with Gasteiger partial charge in [0, 0.05) is 24.7 Å². The summed E-state index contributed by atoms with van der Waals surface area (Å²) in [6.07, 6.45) is 3.07. The van der Waals surface area contributed by atoms with Crippen molar-refractivity contribution in [2.75, 3.05) is 24.7 Å². The molecule has 200 valence electrons. The predicted molar refractivity (Wildman–Crippen MR) is 152 cm³/mol. The summed E-state index contributed by atoms with van der Waals surface area (Å²) in [5, 5.41) is 3.84. The van der Waals surface area contributed by atoms with E-state index in [1.54, 1.807) is 29.9 Å². The Morgan fingerprint density at radius 2 is 1.93 bits per heavy atom. The summed E-state index contributed by atoms with van der Waals surface area (Å²) < 4.78 is 21.0. The molecule has 0 fully saturated rings. The SMILES string of the molecule is COc1cccc(-n2c(CCNc3ncnc(N)c3C#Cc3ncccc3F)nc3cccc(Cl)c3c2=O)c1C. The summed E-state index contributed by atoms with van der Waals surface area (Å²) in [5.74, 6) is 6.56.